The van der Waals surface area contributed by atoms with Gasteiger partial charge in [0.05, 0.1) is 0 Å². The summed E-state index contributed by atoms with van der Waals surface area (Å²) in [6.45, 7) is 1.97. The van der Waals surface area contributed by atoms with Crippen LogP contribution in [0, 0.1) is 5.82 Å². The van der Waals surface area contributed by atoms with E-state index in [1.54, 1.807) is 23.9 Å². The first kappa shape index (κ1) is 14.4. The van der Waals surface area contributed by atoms with Gasteiger partial charge in [0.1, 0.15) is 5.82 Å². The van der Waals surface area contributed by atoms with Crippen LogP contribution < -0.4 is 5.73 Å². The number of hydrogen-bond acceptors (Lipinski definition) is 2. The van der Waals surface area contributed by atoms with E-state index in [0.29, 0.717) is 5.02 Å². The quantitative estimate of drug-likeness (QED) is 0.897. The predicted octanol–water partition coefficient (Wildman–Crippen LogP) is 4.52. The van der Waals surface area contributed by atoms with Gasteiger partial charge in [-0.15, -0.1) is 0 Å². The summed E-state index contributed by atoms with van der Waals surface area (Å²) in [6, 6.07) is 12.3. The van der Waals surface area contributed by atoms with Gasteiger partial charge in [0.15, 0.2) is 0 Å². The Labute approximate surface area is 122 Å². The minimum Gasteiger partial charge on any atom is -0.328 e. The summed E-state index contributed by atoms with van der Waals surface area (Å²) >= 11 is 7.62. The van der Waals surface area contributed by atoms with Crippen molar-refractivity contribution in [2.45, 2.75) is 29.2 Å². The Morgan fingerprint density at radius 3 is 2.53 bits per heavy atom. The van der Waals surface area contributed by atoms with Crippen LogP contribution >= 0.6 is 23.4 Å². The minimum atomic E-state index is -0.226. The zero-order chi connectivity index (χ0) is 13.8. The van der Waals surface area contributed by atoms with Gasteiger partial charge in [-0.25, -0.2) is 4.39 Å². The molecular formula is C15H15ClFNS. The smallest absolute Gasteiger partial charge is 0.123 e. The molecule has 100 valence electrons. The molecule has 0 radical (unpaired) electrons. The van der Waals surface area contributed by atoms with Crippen LogP contribution in [0.3, 0.4) is 0 Å². The van der Waals surface area contributed by atoms with E-state index in [2.05, 4.69) is 0 Å². The summed E-state index contributed by atoms with van der Waals surface area (Å²) in [6.07, 6.45) is 0.768. The van der Waals surface area contributed by atoms with Crippen molar-refractivity contribution < 1.29 is 4.39 Å². The molecule has 0 aromatic heterocycles. The summed E-state index contributed by atoms with van der Waals surface area (Å²) in [4.78, 5) is 2.10. The molecule has 0 heterocycles. The molecule has 2 N–H and O–H groups in total. The Morgan fingerprint density at radius 1 is 1.21 bits per heavy atom. The molecule has 19 heavy (non-hydrogen) atoms. The maximum atomic E-state index is 12.9. The Kier molecular flexibility index (Phi) is 4.86. The van der Waals surface area contributed by atoms with E-state index in [0.717, 1.165) is 21.8 Å². The monoisotopic (exact) mass is 295 g/mol. The van der Waals surface area contributed by atoms with E-state index in [1.807, 2.05) is 25.1 Å². The molecule has 0 spiro atoms. The average Bonchev–Trinajstić information content (AvgIpc) is 2.34. The summed E-state index contributed by atoms with van der Waals surface area (Å²) in [7, 11) is 0. The fourth-order valence-electron chi connectivity index (χ4n) is 1.78. The van der Waals surface area contributed by atoms with Crippen molar-refractivity contribution >= 4 is 23.4 Å². The van der Waals surface area contributed by atoms with Crippen molar-refractivity contribution in [2.75, 3.05) is 0 Å². The molecule has 1 nitrogen and oxygen atoms in total. The maximum Gasteiger partial charge on any atom is 0.123 e. The lowest BCUT2D eigenvalue weighted by molar-refractivity contribution is 0.626. The summed E-state index contributed by atoms with van der Waals surface area (Å²) in [5, 5.41) is 0.708. The molecule has 2 rings (SSSR count). The third kappa shape index (κ3) is 4.23. The normalized spacial score (nSPS) is 12.4. The van der Waals surface area contributed by atoms with E-state index >= 15 is 0 Å². The van der Waals surface area contributed by atoms with Crippen molar-refractivity contribution in [3.63, 3.8) is 0 Å². The lowest BCUT2D eigenvalue weighted by atomic mass is 10.1. The Morgan fingerprint density at radius 2 is 1.89 bits per heavy atom. The molecule has 0 bridgehead atoms. The topological polar surface area (TPSA) is 26.0 Å². The number of rotatable bonds is 4. The zero-order valence-corrected chi connectivity index (χ0v) is 12.1. The Hall–Kier alpha value is -1.03. The maximum absolute atomic E-state index is 12.9. The van der Waals surface area contributed by atoms with Gasteiger partial charge in [-0.2, -0.15) is 0 Å². The molecule has 4 heteroatoms. The van der Waals surface area contributed by atoms with Crippen LogP contribution in [-0.2, 0) is 6.42 Å². The van der Waals surface area contributed by atoms with E-state index in [4.69, 9.17) is 17.3 Å². The number of hydrogen-bond donors (Lipinski definition) is 1. The highest BCUT2D eigenvalue weighted by atomic mass is 35.5. The van der Waals surface area contributed by atoms with Gasteiger partial charge in [0, 0.05) is 20.9 Å². The first-order chi connectivity index (χ1) is 9.04. The molecule has 0 saturated carbocycles. The molecule has 1 atom stereocenters. The third-order valence-electron chi connectivity index (χ3n) is 2.61. The first-order valence-electron chi connectivity index (χ1n) is 6.02. The molecular weight excluding hydrogens is 281 g/mol. The standard InChI is InChI=1S/C15H15ClFNS/c1-10(18)8-11-9-12(16)2-7-15(11)19-14-5-3-13(17)4-6-14/h2-7,9-10H,8,18H2,1H3. The fourth-order valence-corrected chi connectivity index (χ4v) is 2.91. The first-order valence-corrected chi connectivity index (χ1v) is 7.21. The number of nitrogens with two attached hydrogens (primary N) is 1. The molecule has 1 unspecified atom stereocenters. The Bertz CT molecular complexity index is 555. The van der Waals surface area contributed by atoms with Crippen LogP contribution in [0.1, 0.15) is 12.5 Å². The van der Waals surface area contributed by atoms with Crippen LogP contribution in [0.4, 0.5) is 4.39 Å². The van der Waals surface area contributed by atoms with Crippen molar-refractivity contribution in [2.24, 2.45) is 5.73 Å². The van der Waals surface area contributed by atoms with Crippen LogP contribution in [0.2, 0.25) is 5.02 Å². The van der Waals surface area contributed by atoms with Gasteiger partial charge >= 0.3 is 0 Å². The molecule has 2 aromatic rings. The highest BCUT2D eigenvalue weighted by Gasteiger charge is 2.08. The summed E-state index contributed by atoms with van der Waals surface area (Å²) in [5.74, 6) is -0.226. The lowest BCUT2D eigenvalue weighted by Crippen LogP contribution is -2.18. The van der Waals surface area contributed by atoms with Gasteiger partial charge in [-0.3, -0.25) is 0 Å². The van der Waals surface area contributed by atoms with Gasteiger partial charge in [0.25, 0.3) is 0 Å². The number of halogens is 2. The van der Waals surface area contributed by atoms with Gasteiger partial charge in [-0.1, -0.05) is 23.4 Å². The third-order valence-corrected chi connectivity index (χ3v) is 3.97. The van der Waals surface area contributed by atoms with Gasteiger partial charge < -0.3 is 5.73 Å². The second-order valence-corrected chi connectivity index (χ2v) is 6.04. The largest absolute Gasteiger partial charge is 0.328 e. The molecule has 0 aliphatic rings. The van der Waals surface area contributed by atoms with E-state index in [1.165, 1.54) is 12.1 Å². The molecule has 0 saturated heterocycles. The predicted molar refractivity (Wildman–Crippen MR) is 79.3 cm³/mol. The molecule has 0 fully saturated rings. The SMILES string of the molecule is CC(N)Cc1cc(Cl)ccc1Sc1ccc(F)cc1. The van der Waals surface area contributed by atoms with Crippen LogP contribution in [-0.4, -0.2) is 6.04 Å². The second-order valence-electron chi connectivity index (χ2n) is 4.49. The van der Waals surface area contributed by atoms with Crippen molar-refractivity contribution in [1.82, 2.24) is 0 Å². The zero-order valence-electron chi connectivity index (χ0n) is 10.6. The number of benzene rings is 2. The lowest BCUT2D eigenvalue weighted by Gasteiger charge is -2.12. The average molecular weight is 296 g/mol. The Balaban J connectivity index is 2.26. The van der Waals surface area contributed by atoms with Gasteiger partial charge in [0.2, 0.25) is 0 Å². The van der Waals surface area contributed by atoms with E-state index < -0.39 is 0 Å². The van der Waals surface area contributed by atoms with E-state index in [9.17, 15) is 4.39 Å². The van der Waals surface area contributed by atoms with Gasteiger partial charge in [-0.05, 0) is 61.4 Å². The molecule has 0 aliphatic heterocycles. The van der Waals surface area contributed by atoms with Crippen molar-refractivity contribution in [3.8, 4) is 0 Å². The minimum absolute atomic E-state index is 0.0750. The fraction of sp³-hybridized carbons (Fsp3) is 0.200. The molecule has 0 aliphatic carbocycles. The van der Waals surface area contributed by atoms with Crippen molar-refractivity contribution in [3.05, 3.63) is 58.9 Å². The molecule has 0 amide bonds. The van der Waals surface area contributed by atoms with Crippen LogP contribution in [0.5, 0.6) is 0 Å². The second kappa shape index (κ2) is 6.42. The molecule has 2 aromatic carbocycles. The highest BCUT2D eigenvalue weighted by molar-refractivity contribution is 7.99. The van der Waals surface area contributed by atoms with Crippen LogP contribution in [0.25, 0.3) is 0 Å². The van der Waals surface area contributed by atoms with Crippen LogP contribution in [0.15, 0.2) is 52.3 Å². The van der Waals surface area contributed by atoms with E-state index in [-0.39, 0.29) is 11.9 Å². The summed E-state index contributed by atoms with van der Waals surface area (Å²) in [5.41, 5.74) is 6.98. The van der Waals surface area contributed by atoms with Crippen molar-refractivity contribution in [1.29, 1.82) is 0 Å². The highest BCUT2D eigenvalue weighted by Crippen LogP contribution is 2.32. The summed E-state index contributed by atoms with van der Waals surface area (Å²) < 4.78 is 12.9.